The van der Waals surface area contributed by atoms with Crippen molar-refractivity contribution in [2.24, 2.45) is 11.7 Å². The van der Waals surface area contributed by atoms with E-state index in [-0.39, 0.29) is 12.1 Å². The first-order valence-electron chi connectivity index (χ1n) is 6.65. The molecule has 1 amide bonds. The van der Waals surface area contributed by atoms with Gasteiger partial charge in [-0.1, -0.05) is 30.3 Å². The Labute approximate surface area is 114 Å². The molecule has 0 aliphatic carbocycles. The number of likely N-dealkylation sites (tertiary alicyclic amines) is 1. The first-order valence-corrected chi connectivity index (χ1v) is 6.65. The summed E-state index contributed by atoms with van der Waals surface area (Å²) in [4.78, 5) is 13.5. The number of nitrogens with two attached hydrogens (primary N) is 1. The molecule has 2 N–H and O–H groups in total. The van der Waals surface area contributed by atoms with Crippen LogP contribution in [0.2, 0.25) is 0 Å². The molecule has 1 heterocycles. The van der Waals surface area contributed by atoms with Crippen molar-refractivity contribution in [1.82, 2.24) is 4.90 Å². The van der Waals surface area contributed by atoms with Crippen molar-refractivity contribution < 1.29 is 9.53 Å². The van der Waals surface area contributed by atoms with Gasteiger partial charge in [0.1, 0.15) is 5.60 Å². The highest BCUT2D eigenvalue weighted by atomic mass is 16.6. The van der Waals surface area contributed by atoms with Gasteiger partial charge < -0.3 is 15.4 Å². The van der Waals surface area contributed by atoms with Gasteiger partial charge in [0, 0.05) is 25.0 Å². The summed E-state index contributed by atoms with van der Waals surface area (Å²) in [7, 11) is 0. The second kappa shape index (κ2) is 5.21. The minimum Gasteiger partial charge on any atom is -0.444 e. The quantitative estimate of drug-likeness (QED) is 0.891. The topological polar surface area (TPSA) is 55.6 Å². The lowest BCUT2D eigenvalue weighted by atomic mass is 9.88. The molecule has 104 valence electrons. The maximum Gasteiger partial charge on any atom is 0.410 e. The Bertz CT molecular complexity index is 433. The average molecular weight is 262 g/mol. The molecule has 0 unspecified atom stereocenters. The first-order chi connectivity index (χ1) is 8.87. The van der Waals surface area contributed by atoms with Crippen molar-refractivity contribution in [1.29, 1.82) is 0 Å². The molecule has 1 saturated heterocycles. The number of rotatable bonds is 2. The molecule has 1 aromatic carbocycles. The molecule has 1 aliphatic rings. The van der Waals surface area contributed by atoms with Gasteiger partial charge in [-0.25, -0.2) is 4.79 Å². The van der Waals surface area contributed by atoms with E-state index in [1.54, 1.807) is 4.90 Å². The largest absolute Gasteiger partial charge is 0.444 e. The maximum absolute atomic E-state index is 11.8. The van der Waals surface area contributed by atoms with E-state index in [4.69, 9.17) is 10.5 Å². The minimum absolute atomic E-state index is 0.0140. The number of hydrogen-bond acceptors (Lipinski definition) is 3. The fraction of sp³-hybridized carbons (Fsp3) is 0.533. The molecule has 0 bridgehead atoms. The monoisotopic (exact) mass is 262 g/mol. The molecule has 1 aromatic rings. The third kappa shape index (κ3) is 3.47. The summed E-state index contributed by atoms with van der Waals surface area (Å²) < 4.78 is 5.32. The minimum atomic E-state index is -0.441. The molecule has 1 aliphatic heterocycles. The Hall–Kier alpha value is -1.55. The van der Waals surface area contributed by atoms with E-state index in [2.05, 4.69) is 0 Å². The molecule has 4 nitrogen and oxygen atoms in total. The van der Waals surface area contributed by atoms with Crippen molar-refractivity contribution >= 4 is 6.09 Å². The Morgan fingerprint density at radius 3 is 2.42 bits per heavy atom. The van der Waals surface area contributed by atoms with Gasteiger partial charge in [0.25, 0.3) is 0 Å². The van der Waals surface area contributed by atoms with E-state index in [1.807, 2.05) is 51.1 Å². The van der Waals surface area contributed by atoms with Crippen LogP contribution in [0.5, 0.6) is 0 Å². The van der Waals surface area contributed by atoms with E-state index >= 15 is 0 Å². The van der Waals surface area contributed by atoms with Crippen LogP contribution in [0.3, 0.4) is 0 Å². The van der Waals surface area contributed by atoms with Gasteiger partial charge in [-0.15, -0.1) is 0 Å². The smallest absolute Gasteiger partial charge is 0.410 e. The average Bonchev–Trinajstić information content (AvgIpc) is 2.25. The molecule has 19 heavy (non-hydrogen) atoms. The Kier molecular flexibility index (Phi) is 3.80. The Morgan fingerprint density at radius 2 is 1.89 bits per heavy atom. The SMILES string of the molecule is CC(C)(C)OC(=O)N1CC([C@H](N)c2ccccc2)C1. The van der Waals surface area contributed by atoms with Crippen molar-refractivity contribution in [3.05, 3.63) is 35.9 Å². The van der Waals surface area contributed by atoms with E-state index < -0.39 is 5.60 Å². The van der Waals surface area contributed by atoms with Gasteiger partial charge in [0.2, 0.25) is 0 Å². The lowest BCUT2D eigenvalue weighted by Gasteiger charge is -2.42. The van der Waals surface area contributed by atoms with Gasteiger partial charge in [-0.3, -0.25) is 0 Å². The Balaban J connectivity index is 1.85. The lowest BCUT2D eigenvalue weighted by Crippen LogP contribution is -2.54. The van der Waals surface area contributed by atoms with Crippen LogP contribution in [0.15, 0.2) is 30.3 Å². The zero-order valence-electron chi connectivity index (χ0n) is 11.8. The highest BCUT2D eigenvalue weighted by Crippen LogP contribution is 2.29. The molecule has 2 rings (SSSR count). The summed E-state index contributed by atoms with van der Waals surface area (Å²) in [5, 5.41) is 0. The molecule has 1 atom stereocenters. The van der Waals surface area contributed by atoms with Crippen LogP contribution in [0, 0.1) is 5.92 Å². The molecule has 0 saturated carbocycles. The first kappa shape index (κ1) is 13.9. The third-order valence-corrected chi connectivity index (χ3v) is 3.25. The number of carbonyl (C=O) groups is 1. The summed E-state index contributed by atoms with van der Waals surface area (Å²) in [6.45, 7) is 6.96. The van der Waals surface area contributed by atoms with Crippen molar-refractivity contribution in [2.45, 2.75) is 32.4 Å². The number of amides is 1. The van der Waals surface area contributed by atoms with Crippen LogP contribution in [0.4, 0.5) is 4.79 Å². The molecule has 0 aromatic heterocycles. The zero-order valence-corrected chi connectivity index (χ0v) is 11.8. The summed E-state index contributed by atoms with van der Waals surface area (Å²) in [5.41, 5.74) is 6.89. The number of nitrogens with zero attached hydrogens (tertiary/aromatic N) is 1. The van der Waals surface area contributed by atoms with Gasteiger partial charge in [-0.2, -0.15) is 0 Å². The standard InChI is InChI=1S/C15H22N2O2/c1-15(2,3)19-14(18)17-9-12(10-17)13(16)11-7-5-4-6-8-11/h4-8,12-13H,9-10,16H2,1-3H3/t13-/m1/s1. The fourth-order valence-corrected chi connectivity index (χ4v) is 2.16. The summed E-state index contributed by atoms with van der Waals surface area (Å²) in [6.07, 6.45) is -0.246. The third-order valence-electron chi connectivity index (χ3n) is 3.25. The van der Waals surface area contributed by atoms with Gasteiger partial charge in [0.05, 0.1) is 0 Å². The predicted octanol–water partition coefficient (Wildman–Crippen LogP) is 2.55. The van der Waals surface area contributed by atoms with Crippen LogP contribution in [0.1, 0.15) is 32.4 Å². The summed E-state index contributed by atoms with van der Waals surface area (Å²) >= 11 is 0. The van der Waals surface area contributed by atoms with Crippen LogP contribution < -0.4 is 5.73 Å². The van der Waals surface area contributed by atoms with Crippen LogP contribution >= 0.6 is 0 Å². The highest BCUT2D eigenvalue weighted by Gasteiger charge is 2.37. The number of benzene rings is 1. The van der Waals surface area contributed by atoms with E-state index in [0.29, 0.717) is 19.0 Å². The lowest BCUT2D eigenvalue weighted by molar-refractivity contribution is -0.00477. The van der Waals surface area contributed by atoms with Crippen LogP contribution in [0.25, 0.3) is 0 Å². The van der Waals surface area contributed by atoms with E-state index in [1.165, 1.54) is 0 Å². The van der Waals surface area contributed by atoms with Gasteiger partial charge in [-0.05, 0) is 26.3 Å². The maximum atomic E-state index is 11.8. The summed E-state index contributed by atoms with van der Waals surface area (Å²) in [5.74, 6) is 0.315. The van der Waals surface area contributed by atoms with Crippen LogP contribution in [-0.2, 0) is 4.74 Å². The zero-order chi connectivity index (χ0) is 14.0. The van der Waals surface area contributed by atoms with Gasteiger partial charge in [0.15, 0.2) is 0 Å². The second-order valence-electron chi connectivity index (χ2n) is 6.08. The molecule has 0 spiro atoms. The van der Waals surface area contributed by atoms with Crippen LogP contribution in [-0.4, -0.2) is 29.7 Å². The predicted molar refractivity (Wildman–Crippen MR) is 74.7 cm³/mol. The molecule has 1 fully saturated rings. The van der Waals surface area contributed by atoms with E-state index in [0.717, 1.165) is 5.56 Å². The van der Waals surface area contributed by atoms with Crippen molar-refractivity contribution in [2.75, 3.05) is 13.1 Å². The van der Waals surface area contributed by atoms with Crippen molar-refractivity contribution in [3.63, 3.8) is 0 Å². The normalized spacial score (nSPS) is 17.8. The summed E-state index contributed by atoms with van der Waals surface area (Å²) in [6, 6.07) is 9.99. The van der Waals surface area contributed by atoms with E-state index in [9.17, 15) is 4.79 Å². The molecular weight excluding hydrogens is 240 g/mol. The van der Waals surface area contributed by atoms with Gasteiger partial charge >= 0.3 is 6.09 Å². The molecule has 0 radical (unpaired) electrons. The molecule has 4 heteroatoms. The number of hydrogen-bond donors (Lipinski definition) is 1. The van der Waals surface area contributed by atoms with Crippen molar-refractivity contribution in [3.8, 4) is 0 Å². The number of ether oxygens (including phenoxy) is 1. The number of carbonyl (C=O) groups excluding carboxylic acids is 1. The highest BCUT2D eigenvalue weighted by molar-refractivity contribution is 5.69. The Morgan fingerprint density at radius 1 is 1.32 bits per heavy atom. The second-order valence-corrected chi connectivity index (χ2v) is 6.08. The molecular formula is C15H22N2O2. The fourth-order valence-electron chi connectivity index (χ4n) is 2.16.